The van der Waals surface area contributed by atoms with E-state index in [4.69, 9.17) is 28.9 Å². The van der Waals surface area contributed by atoms with Crippen LogP contribution in [0.1, 0.15) is 25.8 Å². The van der Waals surface area contributed by atoms with Gasteiger partial charge in [0.2, 0.25) is 0 Å². The largest absolute Gasteiger partial charge is 0.327 e. The molecule has 0 aromatic carbocycles. The zero-order valence-electron chi connectivity index (χ0n) is 10.6. The molecule has 6 heteroatoms. The fraction of sp³-hybridized carbons (Fsp3) is 0.667. The summed E-state index contributed by atoms with van der Waals surface area (Å²) in [5.74, 6) is 0. The van der Waals surface area contributed by atoms with E-state index in [1.165, 1.54) is 11.3 Å². The van der Waals surface area contributed by atoms with Crippen molar-refractivity contribution in [2.45, 2.75) is 32.9 Å². The molecule has 1 unspecified atom stereocenters. The summed E-state index contributed by atoms with van der Waals surface area (Å²) in [5.41, 5.74) is 7.43. The van der Waals surface area contributed by atoms with Crippen LogP contribution in [0.15, 0.2) is 5.38 Å². The summed E-state index contributed by atoms with van der Waals surface area (Å²) in [7, 11) is 0. The lowest BCUT2D eigenvalue weighted by Gasteiger charge is -2.42. The Kier molecular flexibility index (Phi) is 5.78. The van der Waals surface area contributed by atoms with Gasteiger partial charge in [-0.15, -0.1) is 23.7 Å². The Bertz CT molecular complexity index is 406. The molecule has 0 radical (unpaired) electrons. The molecule has 0 aliphatic carbocycles. The van der Waals surface area contributed by atoms with Gasteiger partial charge in [-0.1, -0.05) is 37.0 Å². The predicted molar refractivity (Wildman–Crippen MR) is 83.2 cm³/mol. The number of hydrogen-bond acceptors (Lipinski definition) is 3. The summed E-state index contributed by atoms with van der Waals surface area (Å²) >= 11 is 13.6. The molecule has 1 aliphatic heterocycles. The number of nitrogens with zero attached hydrogens (tertiary/aromatic N) is 1. The van der Waals surface area contributed by atoms with E-state index in [1.54, 1.807) is 0 Å². The summed E-state index contributed by atoms with van der Waals surface area (Å²) in [6.07, 6.45) is 1.04. The normalized spacial score (nSPS) is 23.7. The summed E-state index contributed by atoms with van der Waals surface area (Å²) < 4.78 is 0.689. The van der Waals surface area contributed by atoms with Crippen molar-refractivity contribution in [3.8, 4) is 0 Å². The molecule has 2 nitrogen and oxygen atoms in total. The standard InChI is InChI=1S/C12H18Cl2N2S.ClH/c1-12(2)7-16(4-3-9(12)15)5-8-6-17-11(14)10(8)13;/h6,9H,3-5,7,15H2,1-2H3;1H. The summed E-state index contributed by atoms with van der Waals surface area (Å²) in [4.78, 5) is 2.41. The number of thiophene rings is 1. The second-order valence-electron chi connectivity index (χ2n) is 5.44. The van der Waals surface area contributed by atoms with Crippen LogP contribution in [0.5, 0.6) is 0 Å². The topological polar surface area (TPSA) is 29.3 Å². The lowest BCUT2D eigenvalue weighted by Crippen LogP contribution is -2.52. The first-order valence-electron chi connectivity index (χ1n) is 5.79. The van der Waals surface area contributed by atoms with Crippen molar-refractivity contribution < 1.29 is 0 Å². The Morgan fingerprint density at radius 1 is 1.50 bits per heavy atom. The molecule has 2 heterocycles. The molecule has 2 N–H and O–H groups in total. The van der Waals surface area contributed by atoms with Crippen LogP contribution in [0.4, 0.5) is 0 Å². The van der Waals surface area contributed by atoms with Gasteiger partial charge in [0.15, 0.2) is 0 Å². The van der Waals surface area contributed by atoms with E-state index >= 15 is 0 Å². The number of piperidine rings is 1. The van der Waals surface area contributed by atoms with Gasteiger partial charge in [-0.2, -0.15) is 0 Å². The van der Waals surface area contributed by atoms with Crippen molar-refractivity contribution in [1.82, 2.24) is 4.90 Å². The van der Waals surface area contributed by atoms with Crippen molar-refractivity contribution in [2.24, 2.45) is 11.1 Å². The van der Waals surface area contributed by atoms with Crippen LogP contribution in [0.2, 0.25) is 9.36 Å². The highest BCUT2D eigenvalue weighted by atomic mass is 35.5. The van der Waals surface area contributed by atoms with Gasteiger partial charge < -0.3 is 5.73 Å². The number of nitrogens with two attached hydrogens (primary N) is 1. The number of likely N-dealkylation sites (tertiary alicyclic amines) is 1. The van der Waals surface area contributed by atoms with Gasteiger partial charge in [-0.25, -0.2) is 0 Å². The van der Waals surface area contributed by atoms with E-state index in [2.05, 4.69) is 18.7 Å². The fourth-order valence-corrected chi connectivity index (χ4v) is 3.56. The smallest absolute Gasteiger partial charge is 0.112 e. The molecule has 1 saturated heterocycles. The molecule has 0 saturated carbocycles. The van der Waals surface area contributed by atoms with Gasteiger partial charge in [-0.05, 0) is 22.8 Å². The molecule has 1 atom stereocenters. The monoisotopic (exact) mass is 328 g/mol. The average Bonchev–Trinajstić information content (AvgIpc) is 2.55. The van der Waals surface area contributed by atoms with Crippen LogP contribution >= 0.6 is 46.9 Å². The van der Waals surface area contributed by atoms with Crippen LogP contribution in [0, 0.1) is 5.41 Å². The summed E-state index contributed by atoms with van der Waals surface area (Å²) in [6, 6.07) is 0.292. The molecule has 1 fully saturated rings. The van der Waals surface area contributed by atoms with Crippen LogP contribution < -0.4 is 5.73 Å². The van der Waals surface area contributed by atoms with Crippen LogP contribution in [-0.2, 0) is 6.54 Å². The third-order valence-corrected chi connectivity index (χ3v) is 5.45. The van der Waals surface area contributed by atoms with Crippen molar-refractivity contribution >= 4 is 46.9 Å². The van der Waals surface area contributed by atoms with E-state index < -0.39 is 0 Å². The SMILES string of the molecule is CC1(C)CN(Cc2csc(Cl)c2Cl)CCC1N.Cl. The maximum Gasteiger partial charge on any atom is 0.112 e. The van der Waals surface area contributed by atoms with Gasteiger partial charge in [0.1, 0.15) is 4.34 Å². The van der Waals surface area contributed by atoms with Crippen molar-refractivity contribution in [3.05, 3.63) is 20.3 Å². The van der Waals surface area contributed by atoms with Crippen LogP contribution in [-0.4, -0.2) is 24.0 Å². The first kappa shape index (κ1) is 16.5. The first-order chi connectivity index (χ1) is 7.90. The molecular formula is C12H19Cl3N2S. The minimum absolute atomic E-state index is 0. The van der Waals surface area contributed by atoms with Gasteiger partial charge in [0.05, 0.1) is 5.02 Å². The van der Waals surface area contributed by atoms with Crippen LogP contribution in [0.25, 0.3) is 0 Å². The second kappa shape index (κ2) is 6.29. The summed E-state index contributed by atoms with van der Waals surface area (Å²) in [5, 5.41) is 2.76. The zero-order chi connectivity index (χ0) is 12.6. The van der Waals surface area contributed by atoms with Gasteiger partial charge in [0, 0.05) is 25.7 Å². The number of hydrogen-bond donors (Lipinski definition) is 1. The Morgan fingerprint density at radius 3 is 2.67 bits per heavy atom. The molecule has 104 valence electrons. The van der Waals surface area contributed by atoms with Crippen molar-refractivity contribution in [3.63, 3.8) is 0 Å². The van der Waals surface area contributed by atoms with E-state index in [-0.39, 0.29) is 17.8 Å². The molecular weight excluding hydrogens is 311 g/mol. The number of halogens is 3. The number of rotatable bonds is 2. The van der Waals surface area contributed by atoms with Gasteiger partial charge >= 0.3 is 0 Å². The minimum Gasteiger partial charge on any atom is -0.327 e. The fourth-order valence-electron chi connectivity index (χ4n) is 2.32. The van der Waals surface area contributed by atoms with E-state index in [0.717, 1.165) is 31.6 Å². The highest BCUT2D eigenvalue weighted by molar-refractivity contribution is 7.15. The molecule has 18 heavy (non-hydrogen) atoms. The molecule has 0 bridgehead atoms. The lowest BCUT2D eigenvalue weighted by atomic mass is 9.79. The Balaban J connectivity index is 0.00000162. The van der Waals surface area contributed by atoms with E-state index in [1.807, 2.05) is 5.38 Å². The Morgan fingerprint density at radius 2 is 2.17 bits per heavy atom. The van der Waals surface area contributed by atoms with E-state index in [0.29, 0.717) is 15.4 Å². The predicted octanol–water partition coefficient (Wildman–Crippen LogP) is 4.04. The van der Waals surface area contributed by atoms with Gasteiger partial charge in [0.25, 0.3) is 0 Å². The van der Waals surface area contributed by atoms with Gasteiger partial charge in [-0.3, -0.25) is 4.90 Å². The zero-order valence-corrected chi connectivity index (χ0v) is 13.7. The highest BCUT2D eigenvalue weighted by Crippen LogP contribution is 2.35. The molecule has 1 aliphatic rings. The first-order valence-corrected chi connectivity index (χ1v) is 7.43. The minimum atomic E-state index is 0. The van der Waals surface area contributed by atoms with E-state index in [9.17, 15) is 0 Å². The molecule has 2 rings (SSSR count). The molecule has 0 spiro atoms. The lowest BCUT2D eigenvalue weighted by molar-refractivity contribution is 0.0900. The summed E-state index contributed by atoms with van der Waals surface area (Å²) in [6.45, 7) is 7.38. The quantitative estimate of drug-likeness (QED) is 0.887. The van der Waals surface area contributed by atoms with Crippen molar-refractivity contribution in [1.29, 1.82) is 0 Å². The Hall–Kier alpha value is 0.490. The molecule has 1 aromatic rings. The molecule has 1 aromatic heterocycles. The highest BCUT2D eigenvalue weighted by Gasteiger charge is 2.33. The maximum absolute atomic E-state index is 6.15. The Labute approximate surface area is 129 Å². The van der Waals surface area contributed by atoms with Crippen molar-refractivity contribution in [2.75, 3.05) is 13.1 Å². The second-order valence-corrected chi connectivity index (χ2v) is 7.30. The average molecular weight is 330 g/mol. The molecule has 0 amide bonds. The maximum atomic E-state index is 6.15. The van der Waals surface area contributed by atoms with Crippen LogP contribution in [0.3, 0.4) is 0 Å². The third-order valence-electron chi connectivity index (χ3n) is 3.54. The third kappa shape index (κ3) is 3.53.